The summed E-state index contributed by atoms with van der Waals surface area (Å²) in [5.41, 5.74) is 0. The van der Waals surface area contributed by atoms with E-state index in [4.69, 9.17) is 21.1 Å². The van der Waals surface area contributed by atoms with E-state index in [-0.39, 0.29) is 25.9 Å². The fourth-order valence-corrected chi connectivity index (χ4v) is 2.80. The summed E-state index contributed by atoms with van der Waals surface area (Å²) in [6.45, 7) is 8.21. The average molecular weight is 395 g/mol. The molecule has 1 aliphatic heterocycles. The highest BCUT2D eigenvalue weighted by Gasteiger charge is 2.44. The molecule has 1 aliphatic rings. The minimum Gasteiger partial charge on any atom is -0.394 e. The molecule has 10 heteroatoms. The Labute approximate surface area is 159 Å². The van der Waals surface area contributed by atoms with Crippen molar-refractivity contribution in [2.45, 2.75) is 69.2 Å². The van der Waals surface area contributed by atoms with E-state index in [1.165, 1.54) is 0 Å². The van der Waals surface area contributed by atoms with Gasteiger partial charge in [0, 0.05) is 0 Å². The summed E-state index contributed by atoms with van der Waals surface area (Å²) in [5.74, 6) is 0.155. The van der Waals surface area contributed by atoms with Crippen molar-refractivity contribution >= 4 is 0 Å². The van der Waals surface area contributed by atoms with Crippen molar-refractivity contribution in [2.24, 2.45) is 5.92 Å². The number of aliphatic hydroxyl groups excluding tert-OH is 6. The second kappa shape index (κ2) is 12.2. The Morgan fingerprint density at radius 3 is 2.33 bits per heavy atom. The van der Waals surface area contributed by atoms with Crippen LogP contribution in [0.4, 0.5) is 0 Å². The van der Waals surface area contributed by atoms with Gasteiger partial charge in [-0.1, -0.05) is 13.8 Å². The van der Waals surface area contributed by atoms with Gasteiger partial charge in [0.2, 0.25) is 0 Å². The molecule has 0 amide bonds. The Bertz CT molecular complexity index is 399. The number of nitrogens with one attached hydrogen (secondary N) is 1. The molecule has 0 aromatic carbocycles. The maximum Gasteiger partial charge on any atom is 0.186 e. The zero-order chi connectivity index (χ0) is 20.6. The summed E-state index contributed by atoms with van der Waals surface area (Å²) in [7, 11) is 0. The summed E-state index contributed by atoms with van der Waals surface area (Å²) in [4.78, 5) is 0. The summed E-state index contributed by atoms with van der Waals surface area (Å²) >= 11 is 0. The van der Waals surface area contributed by atoms with Crippen LogP contribution < -0.4 is 5.32 Å². The maximum absolute atomic E-state index is 10.4. The molecule has 0 aromatic rings. The van der Waals surface area contributed by atoms with Crippen LogP contribution in [0.25, 0.3) is 0 Å². The van der Waals surface area contributed by atoms with Crippen LogP contribution in [-0.4, -0.2) is 106 Å². The predicted octanol–water partition coefficient (Wildman–Crippen LogP) is -2.79. The van der Waals surface area contributed by atoms with Gasteiger partial charge in [0.05, 0.1) is 44.8 Å². The van der Waals surface area contributed by atoms with E-state index in [1.54, 1.807) is 0 Å². The second-order valence-corrected chi connectivity index (χ2v) is 7.04. The molecule has 2 radical (unpaired) electrons. The molecule has 10 nitrogen and oxygen atoms in total. The molecular weight excluding hydrogens is 362 g/mol. The molecule has 1 heterocycles. The predicted molar refractivity (Wildman–Crippen MR) is 93.2 cm³/mol. The largest absolute Gasteiger partial charge is 0.394 e. The van der Waals surface area contributed by atoms with Gasteiger partial charge in [-0.3, -0.25) is 5.32 Å². The van der Waals surface area contributed by atoms with E-state index in [9.17, 15) is 30.6 Å². The Morgan fingerprint density at radius 1 is 1.11 bits per heavy atom. The molecule has 1 saturated heterocycles. The van der Waals surface area contributed by atoms with Gasteiger partial charge >= 0.3 is 0 Å². The van der Waals surface area contributed by atoms with Crippen molar-refractivity contribution in [3.05, 3.63) is 6.92 Å². The zero-order valence-corrected chi connectivity index (χ0v) is 15.7. The summed E-state index contributed by atoms with van der Waals surface area (Å²) in [6, 6.07) is -0.794. The third-order valence-electron chi connectivity index (χ3n) is 4.37. The quantitative estimate of drug-likeness (QED) is 0.136. The third-order valence-corrected chi connectivity index (χ3v) is 4.37. The van der Waals surface area contributed by atoms with Crippen LogP contribution in [0.5, 0.6) is 0 Å². The van der Waals surface area contributed by atoms with Gasteiger partial charge in [0.25, 0.3) is 0 Å². The third kappa shape index (κ3) is 7.50. The number of rotatable bonds is 12. The highest BCUT2D eigenvalue weighted by Crippen LogP contribution is 2.22. The van der Waals surface area contributed by atoms with E-state index in [1.807, 2.05) is 13.8 Å². The monoisotopic (exact) mass is 395 g/mol. The molecule has 0 spiro atoms. The van der Waals surface area contributed by atoms with E-state index in [0.717, 1.165) is 0 Å². The molecule has 0 aliphatic carbocycles. The van der Waals surface area contributed by atoms with Gasteiger partial charge in [0.1, 0.15) is 24.4 Å². The molecule has 1 rings (SSSR count). The Balaban J connectivity index is 2.70. The van der Waals surface area contributed by atoms with Gasteiger partial charge in [-0.15, -0.1) is 0 Å². The Hall–Kier alpha value is -0.400. The molecule has 7 N–H and O–H groups in total. The molecule has 1 fully saturated rings. The summed E-state index contributed by atoms with van der Waals surface area (Å²) in [5, 5.41) is 62.2. The van der Waals surface area contributed by atoms with Gasteiger partial charge in [-0.2, -0.15) is 0 Å². The van der Waals surface area contributed by atoms with E-state index < -0.39 is 55.6 Å². The van der Waals surface area contributed by atoms with Gasteiger partial charge in [0.15, 0.2) is 6.29 Å². The van der Waals surface area contributed by atoms with Crippen LogP contribution in [0.2, 0.25) is 0 Å². The molecule has 27 heavy (non-hydrogen) atoms. The Morgan fingerprint density at radius 2 is 1.78 bits per heavy atom. The number of hydrogen-bond acceptors (Lipinski definition) is 10. The first-order valence-corrected chi connectivity index (χ1v) is 9.02. The van der Waals surface area contributed by atoms with Gasteiger partial charge in [-0.05, 0) is 19.3 Å². The number of aliphatic hydroxyl groups is 6. The molecular formula is C17H33NO9. The average Bonchev–Trinajstić information content (AvgIpc) is 2.63. The number of hydrogen-bond donors (Lipinski definition) is 7. The second-order valence-electron chi connectivity index (χ2n) is 7.04. The smallest absolute Gasteiger partial charge is 0.186 e. The highest BCUT2D eigenvalue weighted by molar-refractivity contribution is 4.89. The van der Waals surface area contributed by atoms with E-state index in [2.05, 4.69) is 5.32 Å². The van der Waals surface area contributed by atoms with Crippen molar-refractivity contribution in [2.75, 3.05) is 26.6 Å². The van der Waals surface area contributed by atoms with E-state index in [0.29, 0.717) is 6.42 Å². The lowest BCUT2D eigenvalue weighted by Gasteiger charge is -2.40. The fraction of sp³-hybridized carbons (Fsp3) is 0.941. The minimum atomic E-state index is -1.57. The normalized spacial score (nSPS) is 32.4. The van der Waals surface area contributed by atoms with Crippen molar-refractivity contribution in [1.29, 1.82) is 0 Å². The molecule has 0 bridgehead atoms. The van der Waals surface area contributed by atoms with Crippen molar-refractivity contribution in [3.8, 4) is 0 Å². The van der Waals surface area contributed by atoms with Gasteiger partial charge in [-0.25, -0.2) is 0 Å². The van der Waals surface area contributed by atoms with Crippen LogP contribution in [0.3, 0.4) is 0 Å². The first kappa shape index (κ1) is 24.6. The first-order valence-electron chi connectivity index (χ1n) is 9.02. The van der Waals surface area contributed by atoms with Crippen molar-refractivity contribution in [3.63, 3.8) is 0 Å². The number of ether oxygens (including phenoxy) is 3. The molecule has 0 saturated carbocycles. The molecule has 160 valence electrons. The molecule has 8 atom stereocenters. The molecule has 6 unspecified atom stereocenters. The van der Waals surface area contributed by atoms with Gasteiger partial charge < -0.3 is 44.8 Å². The summed E-state index contributed by atoms with van der Waals surface area (Å²) in [6.07, 6.45) is -8.93. The lowest BCUT2D eigenvalue weighted by Crippen LogP contribution is -2.60. The van der Waals surface area contributed by atoms with Crippen LogP contribution in [0.15, 0.2) is 0 Å². The van der Waals surface area contributed by atoms with Crippen molar-refractivity contribution < 1.29 is 44.8 Å². The lowest BCUT2D eigenvalue weighted by molar-refractivity contribution is -0.303. The summed E-state index contributed by atoms with van der Waals surface area (Å²) < 4.78 is 15.7. The topological polar surface area (TPSA) is 161 Å². The maximum atomic E-state index is 10.4. The Kier molecular flexibility index (Phi) is 11.2. The molecule has 0 aromatic heterocycles. The van der Waals surface area contributed by atoms with Crippen LogP contribution >= 0.6 is 0 Å². The zero-order valence-electron chi connectivity index (χ0n) is 15.7. The van der Waals surface area contributed by atoms with E-state index >= 15 is 0 Å². The minimum absolute atomic E-state index is 0.00926. The SMILES string of the molecule is [CH]COCNC(CO[C@@H]1OC(CO)[C@H](O)C(O)C1O)C(O)C(O)CC(C)C. The van der Waals surface area contributed by atoms with Crippen molar-refractivity contribution in [1.82, 2.24) is 5.32 Å². The van der Waals surface area contributed by atoms with Crippen LogP contribution in [0, 0.1) is 12.8 Å². The first-order chi connectivity index (χ1) is 12.7. The highest BCUT2D eigenvalue weighted by atomic mass is 16.7. The lowest BCUT2D eigenvalue weighted by atomic mass is 9.97. The standard InChI is InChI=1S/C17H33NO9/c1-4-25-8-18-10(13(21)11(20)5-9(2)3)7-26-17-16(24)15(23)14(22)12(6-19)27-17/h1,9-24H,4-8H2,2-3H3/t10?,11?,12?,13?,14-,15?,16?,17+/m0/s1. The van der Waals surface area contributed by atoms with Crippen LogP contribution in [0.1, 0.15) is 20.3 Å². The van der Waals surface area contributed by atoms with Crippen LogP contribution in [-0.2, 0) is 14.2 Å². The fourth-order valence-electron chi connectivity index (χ4n) is 2.80.